The lowest BCUT2D eigenvalue weighted by Gasteiger charge is -2.20. The first kappa shape index (κ1) is 18.4. The van der Waals surface area contributed by atoms with E-state index >= 15 is 0 Å². The number of nitrogens with zero attached hydrogens (tertiary/aromatic N) is 1. The fourth-order valence-electron chi connectivity index (χ4n) is 2.57. The van der Waals surface area contributed by atoms with Gasteiger partial charge in [-0.1, -0.05) is 18.9 Å². The van der Waals surface area contributed by atoms with E-state index in [1.165, 1.54) is 35.5 Å². The maximum atomic E-state index is 12.7. The molecule has 1 aromatic carbocycles. The highest BCUT2D eigenvalue weighted by atomic mass is 32.2. The third-order valence-electron chi connectivity index (χ3n) is 4.02. The number of rotatable bonds is 5. The van der Waals surface area contributed by atoms with Gasteiger partial charge in [0.2, 0.25) is 10.0 Å². The summed E-state index contributed by atoms with van der Waals surface area (Å²) >= 11 is 0. The van der Waals surface area contributed by atoms with E-state index in [0.717, 1.165) is 25.7 Å². The summed E-state index contributed by atoms with van der Waals surface area (Å²) < 4.78 is 26.9. The number of hydrogen-bond acceptors (Lipinski definition) is 4. The molecule has 1 atom stereocenters. The summed E-state index contributed by atoms with van der Waals surface area (Å²) in [6, 6.07) is 4.65. The van der Waals surface area contributed by atoms with E-state index in [1.807, 2.05) is 0 Å². The molecule has 0 aliphatic carbocycles. The molecule has 0 spiro atoms. The predicted octanol–water partition coefficient (Wildman–Crippen LogP) is 1.45. The van der Waals surface area contributed by atoms with Gasteiger partial charge < -0.3 is 10.4 Å². The van der Waals surface area contributed by atoms with Crippen LogP contribution in [0, 0.1) is 0 Å². The van der Waals surface area contributed by atoms with Crippen molar-refractivity contribution in [2.24, 2.45) is 0 Å². The SMILES string of the molecule is CC(NC(=O)c1cccc(S(=O)(=O)N2CCCCCC2)c1)C(=O)O. The molecule has 1 saturated heterocycles. The minimum atomic E-state index is -3.65. The van der Waals surface area contributed by atoms with Crippen molar-refractivity contribution >= 4 is 21.9 Å². The Morgan fingerprint density at radius 1 is 1.17 bits per heavy atom. The van der Waals surface area contributed by atoms with Gasteiger partial charge in [0, 0.05) is 18.7 Å². The van der Waals surface area contributed by atoms with Crippen molar-refractivity contribution in [1.29, 1.82) is 0 Å². The van der Waals surface area contributed by atoms with Crippen molar-refractivity contribution in [2.75, 3.05) is 13.1 Å². The Labute approximate surface area is 141 Å². The number of sulfonamides is 1. The van der Waals surface area contributed by atoms with Crippen molar-refractivity contribution in [3.63, 3.8) is 0 Å². The van der Waals surface area contributed by atoms with Gasteiger partial charge in [0.15, 0.2) is 0 Å². The van der Waals surface area contributed by atoms with Crippen LogP contribution in [0.2, 0.25) is 0 Å². The number of nitrogens with one attached hydrogen (secondary N) is 1. The van der Waals surface area contributed by atoms with Gasteiger partial charge >= 0.3 is 5.97 Å². The normalized spacial score (nSPS) is 17.7. The van der Waals surface area contributed by atoms with Crippen LogP contribution in [0.4, 0.5) is 0 Å². The summed E-state index contributed by atoms with van der Waals surface area (Å²) in [5, 5.41) is 11.2. The van der Waals surface area contributed by atoms with Crippen LogP contribution in [-0.4, -0.2) is 48.8 Å². The summed E-state index contributed by atoms with van der Waals surface area (Å²) in [4.78, 5) is 23.0. The Balaban J connectivity index is 2.22. The van der Waals surface area contributed by atoms with Crippen LogP contribution >= 0.6 is 0 Å². The van der Waals surface area contributed by atoms with E-state index in [0.29, 0.717) is 13.1 Å². The molecule has 1 aliphatic rings. The smallest absolute Gasteiger partial charge is 0.325 e. The van der Waals surface area contributed by atoms with E-state index in [4.69, 9.17) is 5.11 Å². The second-order valence-electron chi connectivity index (χ2n) is 5.88. The lowest BCUT2D eigenvalue weighted by atomic mass is 10.2. The monoisotopic (exact) mass is 354 g/mol. The van der Waals surface area contributed by atoms with E-state index in [-0.39, 0.29) is 10.5 Å². The molecule has 0 radical (unpaired) electrons. The summed E-state index contributed by atoms with van der Waals surface area (Å²) in [7, 11) is -3.65. The van der Waals surface area contributed by atoms with Crippen LogP contribution < -0.4 is 5.32 Å². The highest BCUT2D eigenvalue weighted by molar-refractivity contribution is 7.89. The molecule has 2 N–H and O–H groups in total. The van der Waals surface area contributed by atoms with E-state index in [2.05, 4.69) is 5.32 Å². The summed E-state index contributed by atoms with van der Waals surface area (Å²) in [5.74, 6) is -1.77. The first-order chi connectivity index (χ1) is 11.3. The number of carboxylic acids is 1. The second kappa shape index (κ2) is 7.76. The van der Waals surface area contributed by atoms with Crippen LogP contribution in [-0.2, 0) is 14.8 Å². The van der Waals surface area contributed by atoms with Crippen molar-refractivity contribution in [1.82, 2.24) is 9.62 Å². The lowest BCUT2D eigenvalue weighted by molar-refractivity contribution is -0.138. The Morgan fingerprint density at radius 3 is 2.38 bits per heavy atom. The molecule has 8 heteroatoms. The van der Waals surface area contributed by atoms with E-state index < -0.39 is 27.9 Å². The van der Waals surface area contributed by atoms with Crippen LogP contribution in [0.5, 0.6) is 0 Å². The summed E-state index contributed by atoms with van der Waals surface area (Å²) in [6.45, 7) is 2.31. The highest BCUT2D eigenvalue weighted by Gasteiger charge is 2.26. The van der Waals surface area contributed by atoms with Crippen LogP contribution in [0.1, 0.15) is 43.0 Å². The number of carbonyl (C=O) groups excluding carboxylic acids is 1. The van der Waals surface area contributed by atoms with Crippen molar-refractivity contribution < 1.29 is 23.1 Å². The van der Waals surface area contributed by atoms with Crippen LogP contribution in [0.25, 0.3) is 0 Å². The molecule has 7 nitrogen and oxygen atoms in total. The minimum Gasteiger partial charge on any atom is -0.480 e. The number of carboxylic acid groups (broad SMARTS) is 1. The molecule has 0 bridgehead atoms. The van der Waals surface area contributed by atoms with Crippen LogP contribution in [0.15, 0.2) is 29.2 Å². The number of carbonyl (C=O) groups is 2. The molecule has 1 unspecified atom stereocenters. The Kier molecular flexibility index (Phi) is 5.95. The van der Waals surface area contributed by atoms with Gasteiger partial charge in [-0.25, -0.2) is 8.42 Å². The number of amides is 1. The zero-order valence-corrected chi connectivity index (χ0v) is 14.4. The standard InChI is InChI=1S/C16H22N2O5S/c1-12(16(20)21)17-15(19)13-7-6-8-14(11-13)24(22,23)18-9-4-2-3-5-10-18/h6-8,11-12H,2-5,9-10H2,1H3,(H,17,19)(H,20,21). The maximum absolute atomic E-state index is 12.7. The molecule has 0 saturated carbocycles. The average molecular weight is 354 g/mol. The third kappa shape index (κ3) is 4.33. The summed E-state index contributed by atoms with van der Waals surface area (Å²) in [5.41, 5.74) is 0.124. The fraction of sp³-hybridized carbons (Fsp3) is 0.500. The first-order valence-corrected chi connectivity index (χ1v) is 9.40. The lowest BCUT2D eigenvalue weighted by Crippen LogP contribution is -2.38. The molecular formula is C16H22N2O5S. The van der Waals surface area contributed by atoms with Gasteiger partial charge in [0.1, 0.15) is 6.04 Å². The quantitative estimate of drug-likeness (QED) is 0.833. The molecule has 1 amide bonds. The first-order valence-electron chi connectivity index (χ1n) is 7.96. The molecule has 1 fully saturated rings. The average Bonchev–Trinajstić information content (AvgIpc) is 2.84. The van der Waals surface area contributed by atoms with Crippen molar-refractivity contribution in [3.05, 3.63) is 29.8 Å². The Morgan fingerprint density at radius 2 is 1.79 bits per heavy atom. The second-order valence-corrected chi connectivity index (χ2v) is 7.82. The Bertz CT molecular complexity index is 709. The molecule has 24 heavy (non-hydrogen) atoms. The number of benzene rings is 1. The molecule has 132 valence electrons. The fourth-order valence-corrected chi connectivity index (χ4v) is 4.13. The maximum Gasteiger partial charge on any atom is 0.325 e. The van der Waals surface area contributed by atoms with Crippen molar-refractivity contribution in [2.45, 2.75) is 43.5 Å². The van der Waals surface area contributed by atoms with Gasteiger partial charge in [-0.2, -0.15) is 4.31 Å². The minimum absolute atomic E-state index is 0.0556. The Hall–Kier alpha value is -1.93. The van der Waals surface area contributed by atoms with E-state index in [1.54, 1.807) is 0 Å². The predicted molar refractivity (Wildman–Crippen MR) is 88.2 cm³/mol. The number of hydrogen-bond donors (Lipinski definition) is 2. The van der Waals surface area contributed by atoms with Gasteiger partial charge in [-0.3, -0.25) is 9.59 Å². The topological polar surface area (TPSA) is 104 Å². The molecule has 2 rings (SSSR count). The molecule has 0 aromatic heterocycles. The van der Waals surface area contributed by atoms with Gasteiger partial charge in [-0.15, -0.1) is 0 Å². The molecule has 1 heterocycles. The molecular weight excluding hydrogens is 332 g/mol. The largest absolute Gasteiger partial charge is 0.480 e. The van der Waals surface area contributed by atoms with Gasteiger partial charge in [-0.05, 0) is 38.0 Å². The number of aliphatic carboxylic acids is 1. The molecule has 1 aromatic rings. The van der Waals surface area contributed by atoms with Crippen LogP contribution in [0.3, 0.4) is 0 Å². The molecule has 1 aliphatic heterocycles. The zero-order chi connectivity index (χ0) is 17.7. The van der Waals surface area contributed by atoms with E-state index in [9.17, 15) is 18.0 Å². The van der Waals surface area contributed by atoms with Gasteiger partial charge in [0.05, 0.1) is 4.90 Å². The zero-order valence-electron chi connectivity index (χ0n) is 13.6. The third-order valence-corrected chi connectivity index (χ3v) is 5.91. The summed E-state index contributed by atoms with van der Waals surface area (Å²) in [6.07, 6.45) is 3.69. The highest BCUT2D eigenvalue weighted by Crippen LogP contribution is 2.21. The van der Waals surface area contributed by atoms with Crippen molar-refractivity contribution in [3.8, 4) is 0 Å². The van der Waals surface area contributed by atoms with Gasteiger partial charge in [0.25, 0.3) is 5.91 Å².